The number of nitrogens with zero attached hydrogens (tertiary/aromatic N) is 1. The molecule has 0 saturated carbocycles. The molecule has 1 aliphatic rings. The maximum Gasteiger partial charge on any atom is 0.262 e. The number of halogens is 1. The topological polar surface area (TPSA) is 58.6 Å². The lowest BCUT2D eigenvalue weighted by atomic mass is 10.2. The van der Waals surface area contributed by atoms with Gasteiger partial charge in [-0.05, 0) is 30.7 Å². The van der Waals surface area contributed by atoms with Crippen molar-refractivity contribution in [2.75, 3.05) is 23.4 Å². The highest BCUT2D eigenvalue weighted by Crippen LogP contribution is 2.29. The van der Waals surface area contributed by atoms with E-state index in [1.807, 2.05) is 18.2 Å². The Labute approximate surface area is 145 Å². The first-order valence-electron chi connectivity index (χ1n) is 7.72. The Kier molecular flexibility index (Phi) is 5.01. The molecule has 1 fully saturated rings. The molecule has 124 valence electrons. The van der Waals surface area contributed by atoms with E-state index in [-0.39, 0.29) is 18.4 Å². The molecular formula is C18H17ClN2O3. The van der Waals surface area contributed by atoms with Gasteiger partial charge in [-0.3, -0.25) is 9.59 Å². The molecule has 0 bridgehead atoms. The third-order valence-electron chi connectivity index (χ3n) is 3.74. The van der Waals surface area contributed by atoms with Crippen LogP contribution in [0.25, 0.3) is 0 Å². The van der Waals surface area contributed by atoms with Crippen LogP contribution < -0.4 is 15.0 Å². The molecule has 0 spiro atoms. The smallest absolute Gasteiger partial charge is 0.262 e. The van der Waals surface area contributed by atoms with E-state index >= 15 is 0 Å². The highest BCUT2D eigenvalue weighted by molar-refractivity contribution is 6.32. The fourth-order valence-corrected chi connectivity index (χ4v) is 2.80. The summed E-state index contributed by atoms with van der Waals surface area (Å²) in [6.07, 6.45) is 1.37. The van der Waals surface area contributed by atoms with Gasteiger partial charge in [0.15, 0.2) is 6.61 Å². The minimum absolute atomic E-state index is 0.0732. The zero-order chi connectivity index (χ0) is 16.9. The number of carbonyl (C=O) groups excluding carboxylic acids is 2. The van der Waals surface area contributed by atoms with Crippen molar-refractivity contribution in [1.82, 2.24) is 0 Å². The van der Waals surface area contributed by atoms with E-state index in [1.165, 1.54) is 0 Å². The van der Waals surface area contributed by atoms with E-state index in [0.29, 0.717) is 35.1 Å². The van der Waals surface area contributed by atoms with Crippen LogP contribution in [-0.4, -0.2) is 25.0 Å². The number of nitrogens with one attached hydrogen (secondary N) is 1. The summed E-state index contributed by atoms with van der Waals surface area (Å²) in [6, 6.07) is 14.2. The van der Waals surface area contributed by atoms with Gasteiger partial charge in [0, 0.05) is 13.0 Å². The molecule has 5 nitrogen and oxygen atoms in total. The number of anilines is 2. The van der Waals surface area contributed by atoms with Gasteiger partial charge in [-0.15, -0.1) is 0 Å². The van der Waals surface area contributed by atoms with E-state index in [9.17, 15) is 9.59 Å². The van der Waals surface area contributed by atoms with Gasteiger partial charge in [0.25, 0.3) is 5.91 Å². The first-order chi connectivity index (χ1) is 11.6. The standard InChI is InChI=1S/C18H17ClN2O3/c19-13-6-1-4-9-16(13)24-12-17(22)20-14-7-2-3-8-15(14)21-11-5-10-18(21)23/h1-4,6-9H,5,10-12H2,(H,20,22). The Hall–Kier alpha value is -2.53. The van der Waals surface area contributed by atoms with Crippen molar-refractivity contribution in [3.05, 3.63) is 53.6 Å². The van der Waals surface area contributed by atoms with Gasteiger partial charge in [0.2, 0.25) is 5.91 Å². The summed E-state index contributed by atoms with van der Waals surface area (Å²) in [5, 5.41) is 3.25. The largest absolute Gasteiger partial charge is 0.482 e. The number of ether oxygens (including phenoxy) is 1. The predicted molar refractivity (Wildman–Crippen MR) is 93.6 cm³/mol. The lowest BCUT2D eigenvalue weighted by Gasteiger charge is -2.20. The SMILES string of the molecule is O=C(COc1ccccc1Cl)Nc1ccccc1N1CCCC1=O. The van der Waals surface area contributed by atoms with E-state index in [4.69, 9.17) is 16.3 Å². The average molecular weight is 345 g/mol. The van der Waals surface area contributed by atoms with Crippen LogP contribution in [-0.2, 0) is 9.59 Å². The van der Waals surface area contributed by atoms with E-state index in [1.54, 1.807) is 35.2 Å². The number of benzene rings is 2. The number of hydrogen-bond donors (Lipinski definition) is 1. The number of rotatable bonds is 5. The molecule has 2 amide bonds. The average Bonchev–Trinajstić information content (AvgIpc) is 3.00. The van der Waals surface area contributed by atoms with Crippen LogP contribution in [0.3, 0.4) is 0 Å². The molecule has 1 heterocycles. The van der Waals surface area contributed by atoms with Crippen LogP contribution in [0, 0.1) is 0 Å². The van der Waals surface area contributed by atoms with Crippen LogP contribution >= 0.6 is 11.6 Å². The molecule has 6 heteroatoms. The summed E-state index contributed by atoms with van der Waals surface area (Å²) in [5.41, 5.74) is 1.31. The Morgan fingerprint density at radius 3 is 2.67 bits per heavy atom. The van der Waals surface area contributed by atoms with E-state index < -0.39 is 0 Å². The minimum Gasteiger partial charge on any atom is -0.482 e. The van der Waals surface area contributed by atoms with Gasteiger partial charge in [0.05, 0.1) is 16.4 Å². The van der Waals surface area contributed by atoms with E-state index in [0.717, 1.165) is 6.42 Å². The lowest BCUT2D eigenvalue weighted by Crippen LogP contribution is -2.26. The Bertz CT molecular complexity index is 763. The Morgan fingerprint density at radius 2 is 1.92 bits per heavy atom. The molecule has 1 saturated heterocycles. The summed E-state index contributed by atoms with van der Waals surface area (Å²) in [5.74, 6) is 0.218. The summed E-state index contributed by atoms with van der Waals surface area (Å²) in [4.78, 5) is 25.8. The third kappa shape index (κ3) is 3.68. The molecule has 0 atom stereocenters. The maximum absolute atomic E-state index is 12.2. The molecule has 0 aliphatic carbocycles. The number of carbonyl (C=O) groups is 2. The highest BCUT2D eigenvalue weighted by Gasteiger charge is 2.24. The molecule has 2 aromatic carbocycles. The number of para-hydroxylation sites is 3. The van der Waals surface area contributed by atoms with Crippen LogP contribution in [0.1, 0.15) is 12.8 Å². The van der Waals surface area contributed by atoms with Gasteiger partial charge in [0.1, 0.15) is 5.75 Å². The second-order valence-electron chi connectivity index (χ2n) is 5.43. The minimum atomic E-state index is -0.311. The van der Waals surface area contributed by atoms with Crippen molar-refractivity contribution in [3.8, 4) is 5.75 Å². The second kappa shape index (κ2) is 7.36. The summed E-state index contributed by atoms with van der Waals surface area (Å²) < 4.78 is 5.43. The van der Waals surface area contributed by atoms with Crippen molar-refractivity contribution in [1.29, 1.82) is 0 Å². The fraction of sp³-hybridized carbons (Fsp3) is 0.222. The van der Waals surface area contributed by atoms with Crippen molar-refractivity contribution in [3.63, 3.8) is 0 Å². The van der Waals surface area contributed by atoms with Crippen LogP contribution in [0.2, 0.25) is 5.02 Å². The van der Waals surface area contributed by atoms with Crippen molar-refractivity contribution in [2.45, 2.75) is 12.8 Å². The second-order valence-corrected chi connectivity index (χ2v) is 5.84. The molecule has 0 aromatic heterocycles. The maximum atomic E-state index is 12.2. The fourth-order valence-electron chi connectivity index (χ4n) is 2.61. The molecule has 2 aromatic rings. The lowest BCUT2D eigenvalue weighted by molar-refractivity contribution is -0.118. The first kappa shape index (κ1) is 16.3. The molecule has 0 radical (unpaired) electrons. The molecule has 0 unspecified atom stereocenters. The van der Waals surface area contributed by atoms with Gasteiger partial charge in [-0.2, -0.15) is 0 Å². The monoisotopic (exact) mass is 344 g/mol. The third-order valence-corrected chi connectivity index (χ3v) is 4.05. The predicted octanol–water partition coefficient (Wildman–Crippen LogP) is 3.48. The molecule has 3 rings (SSSR count). The van der Waals surface area contributed by atoms with E-state index in [2.05, 4.69) is 5.32 Å². The van der Waals surface area contributed by atoms with Gasteiger partial charge < -0.3 is 15.0 Å². The Balaban J connectivity index is 1.66. The van der Waals surface area contributed by atoms with Crippen LogP contribution in [0.15, 0.2) is 48.5 Å². The quantitative estimate of drug-likeness (QED) is 0.903. The molecule has 24 heavy (non-hydrogen) atoms. The normalized spacial score (nSPS) is 13.9. The molecular weight excluding hydrogens is 328 g/mol. The molecule has 1 aliphatic heterocycles. The zero-order valence-corrected chi connectivity index (χ0v) is 13.8. The number of hydrogen-bond acceptors (Lipinski definition) is 3. The molecule has 1 N–H and O–H groups in total. The van der Waals surface area contributed by atoms with Crippen LogP contribution in [0.4, 0.5) is 11.4 Å². The zero-order valence-electron chi connectivity index (χ0n) is 13.0. The van der Waals surface area contributed by atoms with Gasteiger partial charge in [-0.25, -0.2) is 0 Å². The Morgan fingerprint density at radius 1 is 1.17 bits per heavy atom. The first-order valence-corrected chi connectivity index (χ1v) is 8.09. The van der Waals surface area contributed by atoms with Crippen molar-refractivity contribution >= 4 is 34.8 Å². The number of amides is 2. The van der Waals surface area contributed by atoms with Crippen molar-refractivity contribution in [2.24, 2.45) is 0 Å². The van der Waals surface area contributed by atoms with Crippen molar-refractivity contribution < 1.29 is 14.3 Å². The van der Waals surface area contributed by atoms with Gasteiger partial charge in [-0.1, -0.05) is 35.9 Å². The highest BCUT2D eigenvalue weighted by atomic mass is 35.5. The summed E-state index contributed by atoms with van der Waals surface area (Å²) in [6.45, 7) is 0.508. The summed E-state index contributed by atoms with van der Waals surface area (Å²) >= 11 is 5.99. The summed E-state index contributed by atoms with van der Waals surface area (Å²) in [7, 11) is 0. The van der Waals surface area contributed by atoms with Gasteiger partial charge >= 0.3 is 0 Å². The van der Waals surface area contributed by atoms with Crippen LogP contribution in [0.5, 0.6) is 5.75 Å².